The second-order valence-electron chi connectivity index (χ2n) is 4.05. The third-order valence-electron chi connectivity index (χ3n) is 2.70. The molecular weight excluding hydrogens is 212 g/mol. The Hall–Kier alpha value is -0.643. The van der Waals surface area contributed by atoms with Crippen molar-refractivity contribution in [1.29, 1.82) is 0 Å². The zero-order valence-electron chi connectivity index (χ0n) is 10.5. The van der Waals surface area contributed by atoms with Crippen molar-refractivity contribution in [1.82, 2.24) is 9.96 Å². The topological polar surface area (TPSA) is 24.1 Å². The molecule has 90 valence electrons. The fourth-order valence-electron chi connectivity index (χ4n) is 1.92. The van der Waals surface area contributed by atoms with E-state index >= 15 is 0 Å². The Labute approximate surface area is 101 Å². The summed E-state index contributed by atoms with van der Waals surface area (Å²) in [6, 6.07) is 12.1. The first kappa shape index (κ1) is 13.4. The van der Waals surface area contributed by atoms with E-state index in [0.717, 1.165) is 13.1 Å². The molecule has 0 fully saturated rings. The van der Waals surface area contributed by atoms with E-state index in [4.69, 9.17) is 0 Å². The number of rotatable bonds is 8. The minimum atomic E-state index is -0.875. The predicted octanol–water partition coefficient (Wildman–Crippen LogP) is 2.06. The smallest absolute Gasteiger partial charge is 0.184 e. The Morgan fingerprint density at radius 3 is 2.19 bits per heavy atom. The Kier molecular flexibility index (Phi) is 7.13. The van der Waals surface area contributed by atoms with E-state index in [1.807, 2.05) is 0 Å². The van der Waals surface area contributed by atoms with Crippen molar-refractivity contribution in [2.45, 2.75) is 32.7 Å². The van der Waals surface area contributed by atoms with Crippen LogP contribution in [0.4, 0.5) is 0 Å². The van der Waals surface area contributed by atoms with Crippen LogP contribution in [0.1, 0.15) is 25.8 Å². The maximum atomic E-state index is 3.60. The van der Waals surface area contributed by atoms with Crippen LogP contribution < -0.4 is 9.96 Å². The van der Waals surface area contributed by atoms with Crippen LogP contribution in [-0.4, -0.2) is 22.2 Å². The first-order valence-electron chi connectivity index (χ1n) is 6.37. The summed E-state index contributed by atoms with van der Waals surface area (Å²) in [6.07, 6.45) is 2.50. The highest BCUT2D eigenvalue weighted by molar-refractivity contribution is 6.53. The highest BCUT2D eigenvalue weighted by Gasteiger charge is 2.07. The van der Waals surface area contributed by atoms with Crippen LogP contribution in [0.3, 0.4) is 0 Å². The van der Waals surface area contributed by atoms with Crippen LogP contribution in [0.15, 0.2) is 30.3 Å². The summed E-state index contributed by atoms with van der Waals surface area (Å²) in [5.41, 5.74) is 1.46. The lowest BCUT2D eigenvalue weighted by Crippen LogP contribution is -2.47. The van der Waals surface area contributed by atoms with Crippen LogP contribution in [0.5, 0.6) is 0 Å². The largest absolute Gasteiger partial charge is 0.328 e. The zero-order valence-corrected chi connectivity index (χ0v) is 11.7. The van der Waals surface area contributed by atoms with Crippen LogP contribution in [0, 0.1) is 0 Å². The summed E-state index contributed by atoms with van der Waals surface area (Å²) in [5, 5.41) is 0. The Morgan fingerprint density at radius 1 is 1.00 bits per heavy atom. The SMILES string of the molecule is CCN[SiH](CCCc1ccccc1)NCC. The van der Waals surface area contributed by atoms with Gasteiger partial charge in [-0.3, -0.25) is 0 Å². The quantitative estimate of drug-likeness (QED) is 0.675. The number of hydrogen-bond donors (Lipinski definition) is 2. The van der Waals surface area contributed by atoms with E-state index in [2.05, 4.69) is 54.1 Å². The lowest BCUT2D eigenvalue weighted by atomic mass is 10.1. The van der Waals surface area contributed by atoms with Crippen molar-refractivity contribution in [2.24, 2.45) is 0 Å². The van der Waals surface area contributed by atoms with Gasteiger partial charge in [0.15, 0.2) is 9.12 Å². The van der Waals surface area contributed by atoms with Gasteiger partial charge in [0.2, 0.25) is 0 Å². The molecule has 1 aromatic rings. The van der Waals surface area contributed by atoms with E-state index in [1.54, 1.807) is 0 Å². The van der Waals surface area contributed by atoms with E-state index < -0.39 is 9.12 Å². The predicted molar refractivity (Wildman–Crippen MR) is 74.1 cm³/mol. The first-order chi connectivity index (χ1) is 7.86. The van der Waals surface area contributed by atoms with Gasteiger partial charge < -0.3 is 9.96 Å². The van der Waals surface area contributed by atoms with Gasteiger partial charge in [-0.05, 0) is 37.5 Å². The van der Waals surface area contributed by atoms with Crippen LogP contribution in [-0.2, 0) is 6.42 Å². The molecule has 0 radical (unpaired) electrons. The molecule has 0 atom stereocenters. The van der Waals surface area contributed by atoms with Crippen molar-refractivity contribution in [3.05, 3.63) is 35.9 Å². The molecule has 0 aromatic heterocycles. The van der Waals surface area contributed by atoms with Gasteiger partial charge >= 0.3 is 0 Å². The minimum Gasteiger partial charge on any atom is -0.328 e. The lowest BCUT2D eigenvalue weighted by Gasteiger charge is -2.16. The second-order valence-corrected chi connectivity index (χ2v) is 6.54. The molecule has 1 aromatic carbocycles. The maximum absolute atomic E-state index is 3.60. The molecule has 3 heteroatoms. The van der Waals surface area contributed by atoms with E-state index in [-0.39, 0.29) is 0 Å². The molecule has 0 saturated carbocycles. The van der Waals surface area contributed by atoms with Crippen molar-refractivity contribution >= 4 is 9.12 Å². The molecule has 2 N–H and O–H groups in total. The Balaban J connectivity index is 2.22. The van der Waals surface area contributed by atoms with Crippen LogP contribution in [0.2, 0.25) is 6.04 Å². The summed E-state index contributed by atoms with van der Waals surface area (Å²) in [4.78, 5) is 7.20. The Bertz CT molecular complexity index is 258. The molecule has 0 saturated heterocycles. The van der Waals surface area contributed by atoms with E-state index in [0.29, 0.717) is 0 Å². The van der Waals surface area contributed by atoms with Crippen LogP contribution in [0.25, 0.3) is 0 Å². The number of nitrogens with one attached hydrogen (secondary N) is 2. The van der Waals surface area contributed by atoms with Gasteiger partial charge in [0.25, 0.3) is 0 Å². The van der Waals surface area contributed by atoms with Gasteiger partial charge in [-0.25, -0.2) is 0 Å². The molecule has 0 aliphatic rings. The third kappa shape index (κ3) is 5.44. The molecule has 0 aliphatic carbocycles. The fourth-order valence-corrected chi connectivity index (χ4v) is 4.07. The summed E-state index contributed by atoms with van der Waals surface area (Å²) in [6.45, 7) is 6.56. The molecular formula is C13H24N2Si. The van der Waals surface area contributed by atoms with E-state index in [1.165, 1.54) is 24.4 Å². The summed E-state index contributed by atoms with van der Waals surface area (Å²) in [7, 11) is -0.875. The van der Waals surface area contributed by atoms with Gasteiger partial charge in [-0.2, -0.15) is 0 Å². The monoisotopic (exact) mass is 236 g/mol. The van der Waals surface area contributed by atoms with E-state index in [9.17, 15) is 0 Å². The molecule has 0 unspecified atom stereocenters. The van der Waals surface area contributed by atoms with Crippen LogP contribution >= 0.6 is 0 Å². The highest BCUT2D eigenvalue weighted by Crippen LogP contribution is 2.05. The average molecular weight is 236 g/mol. The van der Waals surface area contributed by atoms with Crippen molar-refractivity contribution in [2.75, 3.05) is 13.1 Å². The average Bonchev–Trinajstić information content (AvgIpc) is 2.31. The molecule has 16 heavy (non-hydrogen) atoms. The maximum Gasteiger partial charge on any atom is 0.184 e. The number of benzene rings is 1. The first-order valence-corrected chi connectivity index (χ1v) is 8.34. The van der Waals surface area contributed by atoms with Gasteiger partial charge in [0, 0.05) is 0 Å². The summed E-state index contributed by atoms with van der Waals surface area (Å²) >= 11 is 0. The minimum absolute atomic E-state index is 0.875. The molecule has 0 heterocycles. The molecule has 1 rings (SSSR count). The zero-order chi connectivity index (χ0) is 11.6. The van der Waals surface area contributed by atoms with Gasteiger partial charge in [0.05, 0.1) is 0 Å². The molecule has 0 aliphatic heterocycles. The molecule has 0 spiro atoms. The molecule has 0 bridgehead atoms. The van der Waals surface area contributed by atoms with Gasteiger partial charge in [-0.15, -0.1) is 0 Å². The molecule has 0 amide bonds. The lowest BCUT2D eigenvalue weighted by molar-refractivity contribution is 0.830. The third-order valence-corrected chi connectivity index (χ3v) is 5.49. The number of aryl methyl sites for hydroxylation is 1. The fraction of sp³-hybridized carbons (Fsp3) is 0.538. The number of hydrogen-bond acceptors (Lipinski definition) is 2. The Morgan fingerprint density at radius 2 is 1.62 bits per heavy atom. The molecule has 2 nitrogen and oxygen atoms in total. The summed E-state index contributed by atoms with van der Waals surface area (Å²) < 4.78 is 0. The van der Waals surface area contributed by atoms with Gasteiger partial charge in [0.1, 0.15) is 0 Å². The summed E-state index contributed by atoms with van der Waals surface area (Å²) in [5.74, 6) is 0. The highest BCUT2D eigenvalue weighted by atomic mass is 28.3. The normalized spacial score (nSPS) is 10.9. The van der Waals surface area contributed by atoms with Gasteiger partial charge in [-0.1, -0.05) is 44.2 Å². The van der Waals surface area contributed by atoms with Crippen molar-refractivity contribution in [3.63, 3.8) is 0 Å². The standard InChI is InChI=1S/C13H24N2Si/c1-3-14-16(15-4-2)12-8-11-13-9-6-5-7-10-13/h5-7,9-10,14-16H,3-4,8,11-12H2,1-2H3. The van der Waals surface area contributed by atoms with Crippen molar-refractivity contribution < 1.29 is 0 Å². The second kappa shape index (κ2) is 8.50. The van der Waals surface area contributed by atoms with Crippen molar-refractivity contribution in [3.8, 4) is 0 Å².